The van der Waals surface area contributed by atoms with E-state index in [0.29, 0.717) is 79.2 Å². The number of rotatable bonds is 6. The molecule has 0 bridgehead atoms. The molecule has 11 nitrogen and oxygen atoms in total. The number of halogens is 1. The maximum absolute atomic E-state index is 13.9. The molecule has 2 atom stereocenters. The zero-order valence-electron chi connectivity index (χ0n) is 23.7. The van der Waals surface area contributed by atoms with Crippen molar-refractivity contribution < 1.29 is 19.0 Å². The molecule has 2 aromatic heterocycles. The first kappa shape index (κ1) is 27.6. The fourth-order valence-electron chi connectivity index (χ4n) is 5.98. The minimum Gasteiger partial charge on any atom is -0.490 e. The van der Waals surface area contributed by atoms with Crippen LogP contribution in [0, 0.1) is 6.92 Å². The molecule has 3 saturated heterocycles. The lowest BCUT2D eigenvalue weighted by Crippen LogP contribution is -2.44. The third kappa shape index (κ3) is 5.50. The zero-order chi connectivity index (χ0) is 29.5. The van der Waals surface area contributed by atoms with E-state index in [2.05, 4.69) is 14.9 Å². The van der Waals surface area contributed by atoms with Gasteiger partial charge in [-0.15, -0.1) is 0 Å². The van der Waals surface area contributed by atoms with Crippen LogP contribution >= 0.6 is 11.6 Å². The Hall–Kier alpha value is -4.22. The minimum absolute atomic E-state index is 0.0211. The van der Waals surface area contributed by atoms with E-state index in [1.807, 2.05) is 37.3 Å². The summed E-state index contributed by atoms with van der Waals surface area (Å²) >= 11 is 6.07. The number of benzene rings is 2. The third-order valence-electron chi connectivity index (χ3n) is 8.34. The Balaban J connectivity index is 1.27. The van der Waals surface area contributed by atoms with Crippen LogP contribution in [0.15, 0.2) is 53.6 Å². The molecule has 0 radical (unpaired) electrons. The molecule has 0 N–H and O–H groups in total. The van der Waals surface area contributed by atoms with Gasteiger partial charge in [-0.1, -0.05) is 23.7 Å². The molecule has 7 rings (SSSR count). The predicted molar refractivity (Wildman–Crippen MR) is 161 cm³/mol. The van der Waals surface area contributed by atoms with E-state index < -0.39 is 0 Å². The number of anilines is 1. The van der Waals surface area contributed by atoms with Crippen LogP contribution in [0.25, 0.3) is 22.0 Å². The molecule has 5 heterocycles. The molecule has 0 spiro atoms. The maximum atomic E-state index is 13.9. The largest absolute Gasteiger partial charge is 0.490 e. The van der Waals surface area contributed by atoms with E-state index in [0.717, 1.165) is 29.8 Å². The van der Waals surface area contributed by atoms with Gasteiger partial charge < -0.3 is 24.0 Å². The SMILES string of the molecule is Cc1nc2cc(-c3cnc(N4CCOCC4)nc3)c(O[C@H]3CCN4C(=O)OC[C@@H]4C3)cc2c(=O)n1Cc1ccc(Cl)cc1. The highest BCUT2D eigenvalue weighted by atomic mass is 35.5. The van der Waals surface area contributed by atoms with Gasteiger partial charge in [-0.2, -0.15) is 0 Å². The lowest BCUT2D eigenvalue weighted by atomic mass is 10.00. The summed E-state index contributed by atoms with van der Waals surface area (Å²) < 4.78 is 19.0. The summed E-state index contributed by atoms with van der Waals surface area (Å²) in [6, 6.07) is 11.1. The number of cyclic esters (lactones) is 1. The van der Waals surface area contributed by atoms with Gasteiger partial charge in [0.25, 0.3) is 5.56 Å². The number of amides is 1. The van der Waals surface area contributed by atoms with E-state index in [9.17, 15) is 9.59 Å². The van der Waals surface area contributed by atoms with Crippen LogP contribution in [-0.4, -0.2) is 82.1 Å². The number of piperidine rings is 1. The van der Waals surface area contributed by atoms with Crippen LogP contribution < -0.4 is 15.2 Å². The molecule has 12 heteroatoms. The van der Waals surface area contributed by atoms with Crippen molar-refractivity contribution in [1.29, 1.82) is 0 Å². The molecule has 4 aromatic rings. The van der Waals surface area contributed by atoms with Gasteiger partial charge in [-0.25, -0.2) is 19.7 Å². The van der Waals surface area contributed by atoms with Crippen molar-refractivity contribution in [3.63, 3.8) is 0 Å². The molecule has 0 unspecified atom stereocenters. The molecule has 43 heavy (non-hydrogen) atoms. The molecule has 3 aliphatic heterocycles. The normalized spacial score (nSPS) is 20.3. The Kier molecular flexibility index (Phi) is 7.36. The first-order valence-corrected chi connectivity index (χ1v) is 14.9. The lowest BCUT2D eigenvalue weighted by Gasteiger charge is -2.33. The number of carbonyl (C=O) groups is 1. The molecule has 0 aliphatic carbocycles. The first-order chi connectivity index (χ1) is 20.9. The zero-order valence-corrected chi connectivity index (χ0v) is 24.5. The summed E-state index contributed by atoms with van der Waals surface area (Å²) in [5.41, 5.74) is 2.87. The van der Waals surface area contributed by atoms with Gasteiger partial charge in [0.05, 0.1) is 36.7 Å². The van der Waals surface area contributed by atoms with Crippen LogP contribution in [0.2, 0.25) is 5.02 Å². The average Bonchev–Trinajstić information content (AvgIpc) is 3.40. The summed E-state index contributed by atoms with van der Waals surface area (Å²) in [5.74, 6) is 1.80. The van der Waals surface area contributed by atoms with Gasteiger partial charge in [0, 0.05) is 61.0 Å². The molecule has 1 amide bonds. The number of nitrogens with zero attached hydrogens (tertiary/aromatic N) is 6. The van der Waals surface area contributed by atoms with Crippen molar-refractivity contribution in [1.82, 2.24) is 24.4 Å². The van der Waals surface area contributed by atoms with Crippen LogP contribution in [0.4, 0.5) is 10.7 Å². The highest BCUT2D eigenvalue weighted by molar-refractivity contribution is 6.30. The van der Waals surface area contributed by atoms with Gasteiger partial charge in [0.2, 0.25) is 5.95 Å². The van der Waals surface area contributed by atoms with Crippen LogP contribution in [0.5, 0.6) is 5.75 Å². The summed E-state index contributed by atoms with van der Waals surface area (Å²) in [6.07, 6.45) is 4.44. The van der Waals surface area contributed by atoms with Gasteiger partial charge >= 0.3 is 6.09 Å². The van der Waals surface area contributed by atoms with Gasteiger partial charge in [-0.05, 0) is 36.8 Å². The molecule has 3 aliphatic rings. The summed E-state index contributed by atoms with van der Waals surface area (Å²) in [6.45, 7) is 5.88. The lowest BCUT2D eigenvalue weighted by molar-refractivity contribution is 0.0941. The van der Waals surface area contributed by atoms with E-state index in [4.69, 9.17) is 30.8 Å². The van der Waals surface area contributed by atoms with Crippen molar-refractivity contribution in [2.45, 2.75) is 38.5 Å². The van der Waals surface area contributed by atoms with Gasteiger partial charge in [0.15, 0.2) is 0 Å². The number of ether oxygens (including phenoxy) is 3. The van der Waals surface area contributed by atoms with Gasteiger partial charge in [0.1, 0.15) is 24.3 Å². The van der Waals surface area contributed by atoms with E-state index in [1.165, 1.54) is 0 Å². The fourth-order valence-corrected chi connectivity index (χ4v) is 6.10. The Morgan fingerprint density at radius 3 is 2.58 bits per heavy atom. The second kappa shape index (κ2) is 11.5. The van der Waals surface area contributed by atoms with Crippen molar-refractivity contribution in [2.75, 3.05) is 44.4 Å². The van der Waals surface area contributed by atoms with E-state index >= 15 is 0 Å². The van der Waals surface area contributed by atoms with Crippen molar-refractivity contribution in [3.8, 4) is 16.9 Å². The number of fused-ring (bicyclic) bond motifs is 2. The highest BCUT2D eigenvalue weighted by Crippen LogP contribution is 2.36. The summed E-state index contributed by atoms with van der Waals surface area (Å²) in [7, 11) is 0. The van der Waals surface area contributed by atoms with Crippen molar-refractivity contribution in [2.24, 2.45) is 0 Å². The molecular weight excluding hydrogens is 572 g/mol. The number of hydrogen-bond donors (Lipinski definition) is 0. The third-order valence-corrected chi connectivity index (χ3v) is 8.59. The monoisotopic (exact) mass is 602 g/mol. The number of carbonyl (C=O) groups excluding carboxylic acids is 1. The van der Waals surface area contributed by atoms with Gasteiger partial charge in [-0.3, -0.25) is 9.36 Å². The second-order valence-corrected chi connectivity index (χ2v) is 11.5. The predicted octanol–water partition coefficient (Wildman–Crippen LogP) is 4.06. The average molecular weight is 603 g/mol. The number of aromatic nitrogens is 4. The number of aryl methyl sites for hydroxylation is 1. The number of morpholine rings is 1. The molecule has 0 saturated carbocycles. The fraction of sp³-hybridized carbons (Fsp3) is 0.387. The van der Waals surface area contributed by atoms with E-state index in [-0.39, 0.29) is 23.8 Å². The highest BCUT2D eigenvalue weighted by Gasteiger charge is 2.39. The Labute approximate surface area is 253 Å². The second-order valence-electron chi connectivity index (χ2n) is 11.1. The summed E-state index contributed by atoms with van der Waals surface area (Å²) in [5, 5.41) is 1.10. The number of hydrogen-bond acceptors (Lipinski definition) is 9. The molecule has 222 valence electrons. The molecular formula is C31H31ClN6O5. The van der Waals surface area contributed by atoms with Crippen LogP contribution in [0.3, 0.4) is 0 Å². The Morgan fingerprint density at radius 2 is 1.81 bits per heavy atom. The van der Waals surface area contributed by atoms with Crippen LogP contribution in [-0.2, 0) is 16.0 Å². The smallest absolute Gasteiger partial charge is 0.410 e. The summed E-state index contributed by atoms with van der Waals surface area (Å²) in [4.78, 5) is 43.9. The quantitative estimate of drug-likeness (QED) is 0.322. The van der Waals surface area contributed by atoms with E-state index in [1.54, 1.807) is 27.9 Å². The standard InChI is InChI=1S/C31H31ClN6O5/c1-19-35-27-13-25(21-15-33-30(34-16-21)36-8-10-41-11-9-36)28(43-24-6-7-37-23(12-24)18-42-31(37)40)14-26(27)29(39)38(19)17-20-2-4-22(32)5-3-20/h2-5,13-16,23-24H,6-12,17-18H2,1H3/t23-,24-/m0/s1. The molecule has 2 aromatic carbocycles. The van der Waals surface area contributed by atoms with Crippen molar-refractivity contribution in [3.05, 3.63) is 75.6 Å². The topological polar surface area (TPSA) is 112 Å². The van der Waals surface area contributed by atoms with Crippen molar-refractivity contribution >= 4 is 34.5 Å². The first-order valence-electron chi connectivity index (χ1n) is 14.5. The minimum atomic E-state index is -0.268. The van der Waals surface area contributed by atoms with Crippen LogP contribution in [0.1, 0.15) is 24.2 Å². The Morgan fingerprint density at radius 1 is 1.05 bits per heavy atom. The Bertz CT molecular complexity index is 1720. The maximum Gasteiger partial charge on any atom is 0.410 e. The molecule has 3 fully saturated rings.